The summed E-state index contributed by atoms with van der Waals surface area (Å²) in [4.78, 5) is 6.99. The minimum Gasteiger partial charge on any atom is -0.376 e. The lowest BCUT2D eigenvalue weighted by Gasteiger charge is -2.26. The molecule has 2 unspecified atom stereocenters. The van der Waals surface area contributed by atoms with Gasteiger partial charge in [0.2, 0.25) is 0 Å². The molecule has 0 saturated carbocycles. The van der Waals surface area contributed by atoms with E-state index in [0.29, 0.717) is 12.1 Å². The van der Waals surface area contributed by atoms with Crippen LogP contribution in [0, 0.1) is 0 Å². The molecule has 0 aliphatic carbocycles. The molecule has 0 spiro atoms. The molecule has 0 amide bonds. The summed E-state index contributed by atoms with van der Waals surface area (Å²) in [5.74, 6) is 0. The highest BCUT2D eigenvalue weighted by Gasteiger charge is 2.29. The molecule has 0 radical (unpaired) electrons. The van der Waals surface area contributed by atoms with Crippen molar-refractivity contribution in [3.05, 3.63) is 11.1 Å². The van der Waals surface area contributed by atoms with Gasteiger partial charge in [-0.3, -0.25) is 0 Å². The summed E-state index contributed by atoms with van der Waals surface area (Å²) in [7, 11) is 2.12. The van der Waals surface area contributed by atoms with Gasteiger partial charge in [0, 0.05) is 31.1 Å². The fraction of sp³-hybridized carbons (Fsp3) is 0.786. The maximum absolute atomic E-state index is 5.63. The molecular weight excluding hydrogens is 258 g/mol. The summed E-state index contributed by atoms with van der Waals surface area (Å²) in [5.41, 5.74) is 1.25. The molecule has 108 valence electrons. The van der Waals surface area contributed by atoms with Gasteiger partial charge >= 0.3 is 0 Å². The lowest BCUT2D eigenvalue weighted by molar-refractivity contribution is 0.118. The van der Waals surface area contributed by atoms with Crippen LogP contribution in [0.25, 0.3) is 0 Å². The second-order valence-corrected chi connectivity index (χ2v) is 7.10. The lowest BCUT2D eigenvalue weighted by atomic mass is 10.1. The van der Waals surface area contributed by atoms with Gasteiger partial charge in [-0.15, -0.1) is 11.3 Å². The highest BCUT2D eigenvalue weighted by Crippen LogP contribution is 2.27. The fourth-order valence-electron chi connectivity index (χ4n) is 2.27. The lowest BCUT2D eigenvalue weighted by Crippen LogP contribution is -2.37. The molecule has 2 atom stereocenters. The molecule has 0 bridgehead atoms. The number of nitrogens with one attached hydrogen (secondary N) is 1. The topological polar surface area (TPSA) is 37.4 Å². The molecule has 2 heterocycles. The molecule has 1 fully saturated rings. The van der Waals surface area contributed by atoms with E-state index >= 15 is 0 Å². The molecule has 1 aliphatic heterocycles. The summed E-state index contributed by atoms with van der Waals surface area (Å²) in [6.07, 6.45) is 1.39. The highest BCUT2D eigenvalue weighted by molar-refractivity contribution is 7.13. The van der Waals surface area contributed by atoms with E-state index in [0.717, 1.165) is 30.4 Å². The molecule has 2 rings (SSSR count). The van der Waals surface area contributed by atoms with E-state index in [1.54, 1.807) is 11.3 Å². The Morgan fingerprint density at radius 2 is 2.26 bits per heavy atom. The van der Waals surface area contributed by atoms with Gasteiger partial charge in [0.05, 0.1) is 17.8 Å². The van der Waals surface area contributed by atoms with Crippen molar-refractivity contribution in [1.82, 2.24) is 10.3 Å². The predicted molar refractivity (Wildman–Crippen MR) is 80.9 cm³/mol. The van der Waals surface area contributed by atoms with Gasteiger partial charge in [0.25, 0.3) is 0 Å². The van der Waals surface area contributed by atoms with Crippen LogP contribution in [0.3, 0.4) is 0 Å². The van der Waals surface area contributed by atoms with Crippen molar-refractivity contribution in [2.75, 3.05) is 18.6 Å². The summed E-state index contributed by atoms with van der Waals surface area (Å²) in [5, 5.41) is 6.70. The summed E-state index contributed by atoms with van der Waals surface area (Å²) in [6, 6.07) is 0.453. The third kappa shape index (κ3) is 3.91. The Bertz CT molecular complexity index is 413. The second-order valence-electron chi connectivity index (χ2n) is 6.27. The summed E-state index contributed by atoms with van der Waals surface area (Å²) >= 11 is 1.72. The Hall–Kier alpha value is -0.650. The zero-order chi connectivity index (χ0) is 14.0. The van der Waals surface area contributed by atoms with Crippen LogP contribution in [0.4, 0.5) is 5.13 Å². The van der Waals surface area contributed by atoms with Gasteiger partial charge in [0.1, 0.15) is 0 Å². The quantitative estimate of drug-likeness (QED) is 0.922. The average molecular weight is 283 g/mol. The first-order valence-corrected chi connectivity index (χ1v) is 7.78. The van der Waals surface area contributed by atoms with Gasteiger partial charge < -0.3 is 15.0 Å². The zero-order valence-electron chi connectivity index (χ0n) is 12.6. The van der Waals surface area contributed by atoms with Crippen LogP contribution in [-0.2, 0) is 11.3 Å². The van der Waals surface area contributed by atoms with E-state index in [1.165, 1.54) is 0 Å². The second kappa shape index (κ2) is 5.77. The molecule has 19 heavy (non-hydrogen) atoms. The Labute approximate surface area is 120 Å². The van der Waals surface area contributed by atoms with Crippen molar-refractivity contribution in [3.63, 3.8) is 0 Å². The molecule has 1 aromatic rings. The number of likely N-dealkylation sites (N-methyl/N-ethyl adjacent to an activating group) is 1. The van der Waals surface area contributed by atoms with E-state index in [9.17, 15) is 0 Å². The molecule has 1 saturated heterocycles. The van der Waals surface area contributed by atoms with Gasteiger partial charge in [-0.05, 0) is 34.1 Å². The number of ether oxygens (including phenoxy) is 1. The van der Waals surface area contributed by atoms with Crippen LogP contribution in [0.5, 0.6) is 0 Å². The maximum atomic E-state index is 5.63. The van der Waals surface area contributed by atoms with Crippen molar-refractivity contribution in [1.29, 1.82) is 0 Å². The molecule has 5 heteroatoms. The van der Waals surface area contributed by atoms with Gasteiger partial charge in [-0.1, -0.05) is 0 Å². The third-order valence-corrected chi connectivity index (χ3v) is 4.45. The van der Waals surface area contributed by atoms with Crippen LogP contribution >= 0.6 is 11.3 Å². The minimum absolute atomic E-state index is 0.128. The largest absolute Gasteiger partial charge is 0.376 e. The Morgan fingerprint density at radius 3 is 2.84 bits per heavy atom. The summed E-state index contributed by atoms with van der Waals surface area (Å²) in [6.45, 7) is 10.3. The number of anilines is 1. The molecule has 1 aromatic heterocycles. The van der Waals surface area contributed by atoms with Crippen molar-refractivity contribution in [2.45, 2.75) is 58.3 Å². The van der Waals surface area contributed by atoms with Crippen molar-refractivity contribution in [3.8, 4) is 0 Å². The van der Waals surface area contributed by atoms with E-state index < -0.39 is 0 Å². The van der Waals surface area contributed by atoms with Crippen molar-refractivity contribution < 1.29 is 4.74 Å². The van der Waals surface area contributed by atoms with Gasteiger partial charge in [0.15, 0.2) is 5.13 Å². The molecule has 4 nitrogen and oxygen atoms in total. The third-order valence-electron chi connectivity index (χ3n) is 3.47. The van der Waals surface area contributed by atoms with Gasteiger partial charge in [-0.2, -0.15) is 0 Å². The zero-order valence-corrected chi connectivity index (χ0v) is 13.4. The Kier molecular flexibility index (Phi) is 4.48. The molecule has 1 N–H and O–H groups in total. The van der Waals surface area contributed by atoms with Crippen molar-refractivity contribution >= 4 is 16.5 Å². The predicted octanol–water partition coefficient (Wildman–Crippen LogP) is 2.64. The van der Waals surface area contributed by atoms with E-state index in [2.05, 4.69) is 50.3 Å². The minimum atomic E-state index is 0.128. The average Bonchev–Trinajstić information content (AvgIpc) is 2.93. The number of thiazole rings is 1. The van der Waals surface area contributed by atoms with E-state index in [4.69, 9.17) is 9.72 Å². The van der Waals surface area contributed by atoms with Crippen LogP contribution in [0.1, 0.15) is 39.8 Å². The molecular formula is C14H25N3OS. The van der Waals surface area contributed by atoms with E-state index in [1.807, 2.05) is 0 Å². The van der Waals surface area contributed by atoms with E-state index in [-0.39, 0.29) is 5.54 Å². The highest BCUT2D eigenvalue weighted by atomic mass is 32.1. The fourth-order valence-corrected chi connectivity index (χ4v) is 3.12. The summed E-state index contributed by atoms with van der Waals surface area (Å²) < 4.78 is 5.63. The molecule has 1 aliphatic rings. The first kappa shape index (κ1) is 14.8. The Balaban J connectivity index is 1.96. The number of aromatic nitrogens is 1. The van der Waals surface area contributed by atoms with Crippen LogP contribution in [0.15, 0.2) is 5.38 Å². The first-order chi connectivity index (χ1) is 8.87. The standard InChI is InChI=1S/C14H25N3OS/c1-10-12(6-7-18-10)17(5)13-16-11(9-19-13)8-15-14(2,3)4/h9-10,12,15H,6-8H2,1-5H3. The van der Waals surface area contributed by atoms with Crippen molar-refractivity contribution in [2.24, 2.45) is 0 Å². The first-order valence-electron chi connectivity index (χ1n) is 6.91. The smallest absolute Gasteiger partial charge is 0.185 e. The van der Waals surface area contributed by atoms with Crippen LogP contribution < -0.4 is 10.2 Å². The normalized spacial score (nSPS) is 23.8. The van der Waals surface area contributed by atoms with Crippen LogP contribution in [0.2, 0.25) is 0 Å². The SMILES string of the molecule is CC1OCCC1N(C)c1nc(CNC(C)(C)C)cs1. The number of rotatable bonds is 4. The number of hydrogen-bond acceptors (Lipinski definition) is 5. The number of hydrogen-bond donors (Lipinski definition) is 1. The monoisotopic (exact) mass is 283 g/mol. The molecule has 0 aromatic carbocycles. The van der Waals surface area contributed by atoms with Gasteiger partial charge in [-0.25, -0.2) is 4.98 Å². The number of nitrogens with zero attached hydrogens (tertiary/aromatic N) is 2. The Morgan fingerprint density at radius 1 is 1.53 bits per heavy atom. The van der Waals surface area contributed by atoms with Crippen LogP contribution in [-0.4, -0.2) is 36.3 Å². The maximum Gasteiger partial charge on any atom is 0.185 e.